The molecule has 0 spiro atoms. The molecule has 2 aliphatic heterocycles. The number of hydrogen-bond acceptors (Lipinski definition) is 8. The Labute approximate surface area is 231 Å². The van der Waals surface area contributed by atoms with Gasteiger partial charge in [-0.15, -0.1) is 0 Å². The predicted octanol–water partition coefficient (Wildman–Crippen LogP) is 4.15. The Morgan fingerprint density at radius 3 is 2.73 bits per heavy atom. The van der Waals surface area contributed by atoms with Crippen molar-refractivity contribution in [2.75, 3.05) is 36.9 Å². The number of carbonyl (C=O) groups is 2. The summed E-state index contributed by atoms with van der Waals surface area (Å²) in [5, 5.41) is 14.5. The molecule has 2 saturated heterocycles. The monoisotopic (exact) mass is 541 g/mol. The van der Waals surface area contributed by atoms with Crippen molar-refractivity contribution in [3.8, 4) is 11.5 Å². The van der Waals surface area contributed by atoms with Crippen molar-refractivity contribution in [3.63, 3.8) is 0 Å². The molecule has 4 aromatic rings. The fourth-order valence-corrected chi connectivity index (χ4v) is 5.10. The number of aromatic amines is 1. The molecular weight excluding hydrogens is 510 g/mol. The van der Waals surface area contributed by atoms with Gasteiger partial charge < -0.3 is 25.0 Å². The summed E-state index contributed by atoms with van der Waals surface area (Å²) in [6.45, 7) is 6.14. The van der Waals surface area contributed by atoms with E-state index in [1.807, 2.05) is 30.9 Å². The van der Waals surface area contributed by atoms with Gasteiger partial charge in [0.25, 0.3) is 5.91 Å². The molecule has 1 atom stereocenters. The van der Waals surface area contributed by atoms with E-state index in [1.54, 1.807) is 42.6 Å². The molecule has 6 rings (SSSR count). The highest BCUT2D eigenvalue weighted by atomic mass is 16.5. The number of piperidine rings is 1. The first-order valence-electron chi connectivity index (χ1n) is 13.4. The lowest BCUT2D eigenvalue weighted by Gasteiger charge is -2.43. The van der Waals surface area contributed by atoms with E-state index in [1.165, 1.54) is 0 Å². The number of aryl methyl sites for hydroxylation is 1. The average Bonchev–Trinajstić information content (AvgIpc) is 3.35. The molecule has 0 radical (unpaired) electrons. The van der Waals surface area contributed by atoms with Crippen molar-refractivity contribution in [2.45, 2.75) is 32.7 Å². The van der Waals surface area contributed by atoms with Gasteiger partial charge in [0.1, 0.15) is 22.7 Å². The lowest BCUT2D eigenvalue weighted by molar-refractivity contribution is -0.169. The van der Waals surface area contributed by atoms with Crippen LogP contribution >= 0.6 is 0 Å². The predicted molar refractivity (Wildman–Crippen MR) is 149 cm³/mol. The number of nitrogens with one attached hydrogen (secondary N) is 3. The van der Waals surface area contributed by atoms with E-state index in [0.29, 0.717) is 54.1 Å². The molecule has 0 aliphatic carbocycles. The van der Waals surface area contributed by atoms with Crippen LogP contribution in [0.3, 0.4) is 0 Å². The third kappa shape index (κ3) is 5.20. The number of amides is 2. The number of ether oxygens (including phenoxy) is 2. The van der Waals surface area contributed by atoms with E-state index in [0.717, 1.165) is 30.5 Å². The summed E-state index contributed by atoms with van der Waals surface area (Å²) in [6.07, 6.45) is 3.48. The second-order valence-electron chi connectivity index (χ2n) is 10.6. The highest BCUT2D eigenvalue weighted by Gasteiger charge is 2.44. The lowest BCUT2D eigenvalue weighted by atomic mass is 9.86. The zero-order valence-electron chi connectivity index (χ0n) is 22.4. The minimum absolute atomic E-state index is 0.0440. The first-order chi connectivity index (χ1) is 19.4. The summed E-state index contributed by atoms with van der Waals surface area (Å²) in [6, 6.07) is 14.2. The zero-order chi connectivity index (χ0) is 27.7. The van der Waals surface area contributed by atoms with Crippen molar-refractivity contribution >= 4 is 34.5 Å². The SMILES string of the molecule is Cc1cccc(NC(=O)c2ccc(Oc3ccnc4[nH]nc(NC5CCCN(C(=O)C6(C)COC6)C5)c34)cc2)n1. The number of carbonyl (C=O) groups excluding carboxylic acids is 2. The molecular formula is C29H31N7O4. The quantitative estimate of drug-likeness (QED) is 0.318. The summed E-state index contributed by atoms with van der Waals surface area (Å²) >= 11 is 0. The van der Waals surface area contributed by atoms with Crippen molar-refractivity contribution in [3.05, 3.63) is 66.0 Å². The van der Waals surface area contributed by atoms with E-state index in [4.69, 9.17) is 9.47 Å². The summed E-state index contributed by atoms with van der Waals surface area (Å²) in [7, 11) is 0. The molecule has 5 heterocycles. The molecule has 3 N–H and O–H groups in total. The molecule has 11 nitrogen and oxygen atoms in total. The molecule has 206 valence electrons. The van der Waals surface area contributed by atoms with Gasteiger partial charge >= 0.3 is 0 Å². The molecule has 0 bridgehead atoms. The third-order valence-electron chi connectivity index (χ3n) is 7.30. The molecule has 1 unspecified atom stereocenters. The highest BCUT2D eigenvalue weighted by molar-refractivity contribution is 6.03. The number of H-pyrrole nitrogens is 1. The van der Waals surface area contributed by atoms with Crippen LogP contribution in [0.25, 0.3) is 11.0 Å². The molecule has 0 saturated carbocycles. The smallest absolute Gasteiger partial charge is 0.256 e. The second-order valence-corrected chi connectivity index (χ2v) is 10.6. The maximum Gasteiger partial charge on any atom is 0.256 e. The van der Waals surface area contributed by atoms with Gasteiger partial charge in [0, 0.05) is 42.7 Å². The zero-order valence-corrected chi connectivity index (χ0v) is 22.4. The first-order valence-corrected chi connectivity index (χ1v) is 13.4. The van der Waals surface area contributed by atoms with Gasteiger partial charge in [-0.2, -0.15) is 5.10 Å². The van der Waals surface area contributed by atoms with Gasteiger partial charge in [-0.05, 0) is 63.1 Å². The Morgan fingerprint density at radius 2 is 1.98 bits per heavy atom. The number of likely N-dealkylation sites (tertiary alicyclic amines) is 1. The Kier molecular flexibility index (Phi) is 6.81. The number of rotatable bonds is 7. The van der Waals surface area contributed by atoms with Gasteiger partial charge in [0.05, 0.1) is 18.6 Å². The maximum absolute atomic E-state index is 13.0. The Balaban J connectivity index is 1.15. The molecule has 2 aliphatic rings. The number of benzene rings is 1. The molecule has 3 aromatic heterocycles. The fourth-order valence-electron chi connectivity index (χ4n) is 5.10. The topological polar surface area (TPSA) is 134 Å². The van der Waals surface area contributed by atoms with E-state index >= 15 is 0 Å². The molecule has 40 heavy (non-hydrogen) atoms. The van der Waals surface area contributed by atoms with Crippen molar-refractivity contribution in [1.29, 1.82) is 0 Å². The van der Waals surface area contributed by atoms with Gasteiger partial charge in [-0.3, -0.25) is 14.7 Å². The fraction of sp³-hybridized carbons (Fsp3) is 0.345. The number of hydrogen-bond donors (Lipinski definition) is 3. The van der Waals surface area contributed by atoms with Gasteiger partial charge in [-0.1, -0.05) is 6.07 Å². The van der Waals surface area contributed by atoms with Gasteiger partial charge in [-0.25, -0.2) is 9.97 Å². The second kappa shape index (κ2) is 10.6. The van der Waals surface area contributed by atoms with Crippen LogP contribution < -0.4 is 15.4 Å². The Morgan fingerprint density at radius 1 is 1.15 bits per heavy atom. The first kappa shape index (κ1) is 25.8. The summed E-state index contributed by atoms with van der Waals surface area (Å²) in [5.41, 5.74) is 1.48. The van der Waals surface area contributed by atoms with Crippen LogP contribution in [-0.4, -0.2) is 69.2 Å². The van der Waals surface area contributed by atoms with Crippen LogP contribution in [0.1, 0.15) is 35.8 Å². The van der Waals surface area contributed by atoms with Crippen LogP contribution in [0.5, 0.6) is 11.5 Å². The Hall–Kier alpha value is -4.51. The van der Waals surface area contributed by atoms with Crippen LogP contribution in [0, 0.1) is 12.3 Å². The van der Waals surface area contributed by atoms with Crippen LogP contribution in [0.15, 0.2) is 54.7 Å². The summed E-state index contributed by atoms with van der Waals surface area (Å²) < 4.78 is 11.5. The normalized spacial score (nSPS) is 18.1. The van der Waals surface area contributed by atoms with Crippen molar-refractivity contribution < 1.29 is 19.1 Å². The van der Waals surface area contributed by atoms with Gasteiger partial charge in [0.15, 0.2) is 11.5 Å². The molecule has 1 aromatic carbocycles. The number of aromatic nitrogens is 4. The highest BCUT2D eigenvalue weighted by Crippen LogP contribution is 2.34. The summed E-state index contributed by atoms with van der Waals surface area (Å²) in [4.78, 5) is 36.3. The van der Waals surface area contributed by atoms with E-state index in [2.05, 4.69) is 30.8 Å². The average molecular weight is 542 g/mol. The number of fused-ring (bicyclic) bond motifs is 1. The van der Waals surface area contributed by atoms with Crippen LogP contribution in [0.2, 0.25) is 0 Å². The van der Waals surface area contributed by atoms with Crippen molar-refractivity contribution in [2.24, 2.45) is 5.41 Å². The molecule has 2 fully saturated rings. The minimum atomic E-state index is -0.417. The molecule has 11 heteroatoms. The van der Waals surface area contributed by atoms with E-state index in [-0.39, 0.29) is 17.9 Å². The summed E-state index contributed by atoms with van der Waals surface area (Å²) in [5.74, 6) is 2.16. The lowest BCUT2D eigenvalue weighted by Crippen LogP contribution is -2.56. The Bertz CT molecular complexity index is 1550. The van der Waals surface area contributed by atoms with Crippen LogP contribution in [0.4, 0.5) is 11.6 Å². The van der Waals surface area contributed by atoms with Crippen LogP contribution in [-0.2, 0) is 9.53 Å². The number of nitrogens with zero attached hydrogens (tertiary/aromatic N) is 4. The standard InChI is InChI=1S/C29H31N7O4/c1-18-5-3-7-23(31-18)33-27(37)19-8-10-21(11-9-19)40-22-12-13-30-25-24(22)26(35-34-25)32-20-6-4-14-36(15-20)28(38)29(2)16-39-17-29/h3,5,7-13,20H,4,6,14-17H2,1-2H3,(H,31,33,37)(H2,30,32,34,35). The maximum atomic E-state index is 13.0. The molecule has 2 amide bonds. The van der Waals surface area contributed by atoms with E-state index in [9.17, 15) is 9.59 Å². The minimum Gasteiger partial charge on any atom is -0.456 e. The van der Waals surface area contributed by atoms with Crippen molar-refractivity contribution in [1.82, 2.24) is 25.1 Å². The largest absolute Gasteiger partial charge is 0.456 e. The number of pyridine rings is 2. The van der Waals surface area contributed by atoms with Gasteiger partial charge in [0.2, 0.25) is 5.91 Å². The number of anilines is 2. The van der Waals surface area contributed by atoms with E-state index < -0.39 is 5.41 Å². The third-order valence-corrected chi connectivity index (χ3v) is 7.30.